The first-order chi connectivity index (χ1) is 7.78. The maximum absolute atomic E-state index is 5.62. The van der Waals surface area contributed by atoms with Crippen LogP contribution in [0.15, 0.2) is 30.6 Å². The maximum Gasteiger partial charge on any atom is 0.192 e. The molecule has 0 aromatic heterocycles. The summed E-state index contributed by atoms with van der Waals surface area (Å²) in [5.74, 6) is -0.648. The van der Waals surface area contributed by atoms with Crippen LogP contribution in [0.5, 0.6) is 0 Å². The summed E-state index contributed by atoms with van der Waals surface area (Å²) in [6, 6.07) is 7.83. The predicted octanol–water partition coefficient (Wildman–Crippen LogP) is 1.80. The second-order valence-electron chi connectivity index (χ2n) is 3.91. The summed E-state index contributed by atoms with van der Waals surface area (Å²) in [4.78, 5) is 8.36. The Morgan fingerprint density at radius 1 is 1.12 bits per heavy atom. The topological polar surface area (TPSA) is 44.2 Å². The molecular weight excluding hydrogens is 204 g/mol. The Labute approximate surface area is 93.6 Å². The minimum absolute atomic E-state index is 0.630. The van der Waals surface area contributed by atoms with Crippen LogP contribution in [0, 0.1) is 0 Å². The summed E-state index contributed by atoms with van der Waals surface area (Å²) in [7, 11) is 0. The van der Waals surface area contributed by atoms with E-state index in [-0.39, 0.29) is 0 Å². The van der Waals surface area contributed by atoms with Crippen molar-refractivity contribution in [2.75, 3.05) is 13.2 Å². The predicted molar refractivity (Wildman–Crippen MR) is 57.9 cm³/mol. The highest BCUT2D eigenvalue weighted by Crippen LogP contribution is 2.32. The van der Waals surface area contributed by atoms with Crippen molar-refractivity contribution >= 4 is 0 Å². The number of hydrogen-bond acceptors (Lipinski definition) is 4. The Morgan fingerprint density at radius 2 is 1.88 bits per heavy atom. The van der Waals surface area contributed by atoms with Gasteiger partial charge in [-0.25, -0.2) is 9.97 Å². The fourth-order valence-corrected chi connectivity index (χ4v) is 1.93. The summed E-state index contributed by atoms with van der Waals surface area (Å²) >= 11 is 0. The minimum Gasteiger partial charge on any atom is -0.344 e. The van der Waals surface area contributed by atoms with Gasteiger partial charge in [-0.1, -0.05) is 12.1 Å². The first-order valence-electron chi connectivity index (χ1n) is 5.27. The number of fused-ring (bicyclic) bond motifs is 1. The summed E-state index contributed by atoms with van der Waals surface area (Å²) in [5, 5.41) is 0. The molecule has 4 nitrogen and oxygen atoms in total. The van der Waals surface area contributed by atoms with Crippen molar-refractivity contribution in [3.63, 3.8) is 0 Å². The zero-order valence-corrected chi connectivity index (χ0v) is 9.01. The van der Waals surface area contributed by atoms with Gasteiger partial charge in [-0.05, 0) is 19.1 Å². The molecule has 2 aliphatic heterocycles. The third-order valence-electron chi connectivity index (χ3n) is 2.84. The van der Waals surface area contributed by atoms with E-state index in [1.807, 2.05) is 31.2 Å². The molecule has 1 fully saturated rings. The molecule has 16 heavy (non-hydrogen) atoms. The standard InChI is InChI=1S/C12H12N2O2/c1-12(15-5-6-16-12)9-3-2-4-10-11(7-9)14-8-13-10/h2-4,7-8H,5-6H2,1H3. The lowest BCUT2D eigenvalue weighted by Gasteiger charge is -2.21. The van der Waals surface area contributed by atoms with Gasteiger partial charge in [-0.15, -0.1) is 0 Å². The molecule has 0 radical (unpaired) electrons. The average Bonchev–Trinajstić information content (AvgIpc) is 2.84. The number of nitrogens with zero attached hydrogens (tertiary/aromatic N) is 2. The second kappa shape index (κ2) is 3.50. The van der Waals surface area contributed by atoms with Gasteiger partial charge in [0.15, 0.2) is 5.79 Å². The fraction of sp³-hybridized carbons (Fsp3) is 0.333. The Morgan fingerprint density at radius 3 is 2.69 bits per heavy atom. The van der Waals surface area contributed by atoms with E-state index in [2.05, 4.69) is 9.97 Å². The van der Waals surface area contributed by atoms with Gasteiger partial charge in [-0.2, -0.15) is 0 Å². The zero-order valence-electron chi connectivity index (χ0n) is 9.01. The molecule has 0 aromatic carbocycles. The molecule has 0 N–H and O–H groups in total. The van der Waals surface area contributed by atoms with Gasteiger partial charge in [0.1, 0.15) is 6.33 Å². The van der Waals surface area contributed by atoms with Gasteiger partial charge in [0.05, 0.1) is 24.6 Å². The van der Waals surface area contributed by atoms with Crippen LogP contribution in [0.1, 0.15) is 12.5 Å². The van der Waals surface area contributed by atoms with Crippen molar-refractivity contribution in [1.29, 1.82) is 0 Å². The van der Waals surface area contributed by atoms with E-state index in [9.17, 15) is 0 Å². The molecular formula is C12H12N2O2. The van der Waals surface area contributed by atoms with Gasteiger partial charge in [-0.3, -0.25) is 0 Å². The van der Waals surface area contributed by atoms with Gasteiger partial charge < -0.3 is 9.47 Å². The molecule has 0 unspecified atom stereocenters. The van der Waals surface area contributed by atoms with E-state index in [4.69, 9.17) is 9.47 Å². The van der Waals surface area contributed by atoms with Crippen LogP contribution in [0.25, 0.3) is 11.4 Å². The molecule has 82 valence electrons. The lowest BCUT2D eigenvalue weighted by molar-refractivity contribution is -0.149. The second-order valence-corrected chi connectivity index (χ2v) is 3.91. The lowest BCUT2D eigenvalue weighted by Crippen LogP contribution is -2.21. The van der Waals surface area contributed by atoms with Crippen molar-refractivity contribution in [1.82, 2.24) is 9.97 Å². The molecule has 0 atom stereocenters. The molecule has 1 aliphatic carbocycles. The van der Waals surface area contributed by atoms with Crippen molar-refractivity contribution in [2.24, 2.45) is 0 Å². The Balaban J connectivity index is 2.10. The highest BCUT2D eigenvalue weighted by molar-refractivity contribution is 5.56. The Hall–Kier alpha value is -1.52. The average molecular weight is 216 g/mol. The van der Waals surface area contributed by atoms with Crippen LogP contribution in [-0.4, -0.2) is 23.2 Å². The maximum atomic E-state index is 5.62. The summed E-state index contributed by atoms with van der Waals surface area (Å²) < 4.78 is 11.2. The van der Waals surface area contributed by atoms with Crippen molar-refractivity contribution < 1.29 is 9.47 Å². The highest BCUT2D eigenvalue weighted by Gasteiger charge is 2.33. The number of hydrogen-bond donors (Lipinski definition) is 0. The van der Waals surface area contributed by atoms with Crippen molar-refractivity contribution in [3.05, 3.63) is 36.2 Å². The van der Waals surface area contributed by atoms with Crippen LogP contribution in [0.3, 0.4) is 0 Å². The smallest absolute Gasteiger partial charge is 0.192 e. The molecule has 4 heteroatoms. The van der Waals surface area contributed by atoms with Crippen LogP contribution < -0.4 is 0 Å². The van der Waals surface area contributed by atoms with E-state index < -0.39 is 5.79 Å². The number of ether oxygens (including phenoxy) is 2. The van der Waals surface area contributed by atoms with Crippen LogP contribution in [0.2, 0.25) is 0 Å². The summed E-state index contributed by atoms with van der Waals surface area (Å²) in [6.07, 6.45) is 1.56. The first kappa shape index (κ1) is 9.69. The molecule has 0 amide bonds. The van der Waals surface area contributed by atoms with Gasteiger partial charge in [0, 0.05) is 5.56 Å². The molecule has 3 aliphatic rings. The summed E-state index contributed by atoms with van der Waals surface area (Å²) in [5.41, 5.74) is 2.72. The van der Waals surface area contributed by atoms with Crippen LogP contribution in [0.4, 0.5) is 0 Å². The molecule has 0 aromatic rings. The van der Waals surface area contributed by atoms with Crippen molar-refractivity contribution in [3.8, 4) is 11.4 Å². The highest BCUT2D eigenvalue weighted by atomic mass is 16.7. The minimum atomic E-state index is -0.648. The van der Waals surface area contributed by atoms with Crippen LogP contribution in [-0.2, 0) is 15.3 Å². The monoisotopic (exact) mass is 216 g/mol. The number of imidazole rings is 1. The van der Waals surface area contributed by atoms with Crippen LogP contribution >= 0.6 is 0 Å². The molecule has 1 saturated heterocycles. The SMILES string of the molecule is CC1(c2cccc3ncnc-3c2)OCCO1. The molecule has 3 rings (SSSR count). The Bertz CT molecular complexity index is 480. The zero-order chi connectivity index (χ0) is 11.0. The third-order valence-corrected chi connectivity index (χ3v) is 2.84. The normalized spacial score (nSPS) is 19.1. The summed E-state index contributed by atoms with van der Waals surface area (Å²) in [6.45, 7) is 3.19. The lowest BCUT2D eigenvalue weighted by atomic mass is 10.1. The van der Waals surface area contributed by atoms with E-state index >= 15 is 0 Å². The van der Waals surface area contributed by atoms with Gasteiger partial charge in [0.25, 0.3) is 0 Å². The molecule has 0 spiro atoms. The molecule has 0 bridgehead atoms. The quantitative estimate of drug-likeness (QED) is 0.729. The van der Waals surface area contributed by atoms with E-state index in [0.29, 0.717) is 13.2 Å². The van der Waals surface area contributed by atoms with Crippen molar-refractivity contribution in [2.45, 2.75) is 12.7 Å². The number of aromatic nitrogens is 2. The molecule has 0 saturated carbocycles. The van der Waals surface area contributed by atoms with E-state index in [0.717, 1.165) is 17.0 Å². The van der Waals surface area contributed by atoms with E-state index in [1.165, 1.54) is 0 Å². The van der Waals surface area contributed by atoms with Gasteiger partial charge in [0.2, 0.25) is 0 Å². The van der Waals surface area contributed by atoms with Gasteiger partial charge >= 0.3 is 0 Å². The Kier molecular flexibility index (Phi) is 2.12. The van der Waals surface area contributed by atoms with E-state index in [1.54, 1.807) is 6.33 Å². The third kappa shape index (κ3) is 1.47. The fourth-order valence-electron chi connectivity index (χ4n) is 1.93. The number of rotatable bonds is 1. The first-order valence-corrected chi connectivity index (χ1v) is 5.27. The largest absolute Gasteiger partial charge is 0.344 e. The molecule has 2 heterocycles.